The van der Waals surface area contributed by atoms with E-state index in [4.69, 9.17) is 11.6 Å². The number of thiazole rings is 1. The first kappa shape index (κ1) is 19.0. The molecule has 1 aromatic carbocycles. The Morgan fingerprint density at radius 1 is 1.24 bits per heavy atom. The maximum Gasteiger partial charge on any atom is 0.348 e. The summed E-state index contributed by atoms with van der Waals surface area (Å²) in [5.41, 5.74) is 2.53. The normalized spacial score (nSPS) is 11.4. The van der Waals surface area contributed by atoms with E-state index >= 15 is 0 Å². The Kier molecular flexibility index (Phi) is 5.00. The zero-order valence-electron chi connectivity index (χ0n) is 15.2. The largest absolute Gasteiger partial charge is 0.477 e. The number of aromatic carboxylic acids is 1. The topological polar surface area (TPSA) is 84.6 Å². The highest BCUT2D eigenvalue weighted by Gasteiger charge is 2.23. The number of aromatic nitrogens is 3. The number of pyridine rings is 1. The van der Waals surface area contributed by atoms with Crippen LogP contribution in [0.1, 0.15) is 26.5 Å². The Balaban J connectivity index is 1.92. The summed E-state index contributed by atoms with van der Waals surface area (Å²) < 4.78 is 1.23. The summed E-state index contributed by atoms with van der Waals surface area (Å²) in [4.78, 5) is 33.5. The fraction of sp³-hybridized carbons (Fsp3) is 0.0476. The second-order valence-electron chi connectivity index (χ2n) is 6.31. The van der Waals surface area contributed by atoms with Gasteiger partial charge in [-0.15, -0.1) is 0 Å². The summed E-state index contributed by atoms with van der Waals surface area (Å²) in [5, 5.41) is 9.56. The average molecular weight is 424 g/mol. The Bertz CT molecular complexity index is 1330. The number of rotatable bonds is 4. The van der Waals surface area contributed by atoms with Crippen molar-refractivity contribution >= 4 is 46.0 Å². The maximum absolute atomic E-state index is 13.0. The van der Waals surface area contributed by atoms with Crippen LogP contribution in [-0.2, 0) is 0 Å². The van der Waals surface area contributed by atoms with Gasteiger partial charge in [-0.2, -0.15) is 0 Å². The van der Waals surface area contributed by atoms with Crippen molar-refractivity contribution in [3.63, 3.8) is 0 Å². The van der Waals surface area contributed by atoms with Gasteiger partial charge < -0.3 is 5.11 Å². The number of nitrogens with zero attached hydrogens (tertiary/aromatic N) is 3. The molecule has 4 aromatic rings. The van der Waals surface area contributed by atoms with E-state index in [1.807, 2.05) is 37.3 Å². The lowest BCUT2D eigenvalue weighted by molar-refractivity contribution is 0.0702. The molecule has 0 aliphatic rings. The summed E-state index contributed by atoms with van der Waals surface area (Å²) in [6.07, 6.45) is 6.54. The van der Waals surface area contributed by atoms with Crippen molar-refractivity contribution in [3.05, 3.63) is 85.9 Å². The molecule has 8 heteroatoms. The Morgan fingerprint density at radius 3 is 2.76 bits per heavy atom. The third-order valence-corrected chi connectivity index (χ3v) is 5.64. The SMILES string of the molecule is Cc1cccc(/C=C/c2nc3sc(C(=O)O)c(-c4cccnc4)n3c(=O)c2Cl)c1. The smallest absolute Gasteiger partial charge is 0.348 e. The van der Waals surface area contributed by atoms with Gasteiger partial charge in [0.15, 0.2) is 4.96 Å². The molecule has 0 aliphatic heterocycles. The molecule has 0 fully saturated rings. The molecule has 0 saturated heterocycles. The molecule has 0 spiro atoms. The number of carboxylic acid groups (broad SMARTS) is 1. The summed E-state index contributed by atoms with van der Waals surface area (Å²) in [6.45, 7) is 1.99. The quantitative estimate of drug-likeness (QED) is 0.516. The van der Waals surface area contributed by atoms with Crippen molar-refractivity contribution < 1.29 is 9.90 Å². The van der Waals surface area contributed by atoms with Crippen LogP contribution in [0.25, 0.3) is 28.4 Å². The fourth-order valence-corrected chi connectivity index (χ4v) is 4.15. The minimum atomic E-state index is -1.15. The van der Waals surface area contributed by atoms with Gasteiger partial charge in [-0.25, -0.2) is 14.2 Å². The highest BCUT2D eigenvalue weighted by Crippen LogP contribution is 2.31. The second-order valence-corrected chi connectivity index (χ2v) is 7.66. The van der Waals surface area contributed by atoms with Crippen LogP contribution in [0.15, 0.2) is 53.6 Å². The maximum atomic E-state index is 13.0. The minimum Gasteiger partial charge on any atom is -0.477 e. The number of aryl methyl sites for hydroxylation is 1. The Morgan fingerprint density at radius 2 is 2.07 bits per heavy atom. The van der Waals surface area contributed by atoms with Crippen LogP contribution < -0.4 is 5.56 Å². The first-order valence-electron chi connectivity index (χ1n) is 8.59. The Labute approximate surface area is 174 Å². The van der Waals surface area contributed by atoms with Crippen molar-refractivity contribution in [1.82, 2.24) is 14.4 Å². The van der Waals surface area contributed by atoms with Crippen LogP contribution >= 0.6 is 22.9 Å². The van der Waals surface area contributed by atoms with E-state index in [2.05, 4.69) is 9.97 Å². The van der Waals surface area contributed by atoms with E-state index < -0.39 is 11.5 Å². The average Bonchev–Trinajstić information content (AvgIpc) is 3.10. The fourth-order valence-electron chi connectivity index (χ4n) is 2.97. The van der Waals surface area contributed by atoms with E-state index in [9.17, 15) is 14.7 Å². The number of fused-ring (bicyclic) bond motifs is 1. The van der Waals surface area contributed by atoms with Gasteiger partial charge in [-0.05, 0) is 30.7 Å². The highest BCUT2D eigenvalue weighted by atomic mass is 35.5. The second kappa shape index (κ2) is 7.62. The lowest BCUT2D eigenvalue weighted by Crippen LogP contribution is -2.17. The van der Waals surface area contributed by atoms with Crippen molar-refractivity contribution in [1.29, 1.82) is 0 Å². The third-order valence-electron chi connectivity index (χ3n) is 4.26. The molecule has 29 heavy (non-hydrogen) atoms. The van der Waals surface area contributed by atoms with Crippen LogP contribution in [0.2, 0.25) is 5.02 Å². The van der Waals surface area contributed by atoms with Gasteiger partial charge in [0.2, 0.25) is 0 Å². The van der Waals surface area contributed by atoms with Crippen LogP contribution in [0.4, 0.5) is 0 Å². The van der Waals surface area contributed by atoms with E-state index in [1.165, 1.54) is 10.6 Å². The zero-order valence-corrected chi connectivity index (χ0v) is 16.7. The molecule has 6 nitrogen and oxygen atoms in total. The minimum absolute atomic E-state index is 0.00141. The van der Waals surface area contributed by atoms with Gasteiger partial charge in [-0.3, -0.25) is 9.78 Å². The molecule has 0 unspecified atom stereocenters. The van der Waals surface area contributed by atoms with Crippen molar-refractivity contribution in [2.75, 3.05) is 0 Å². The van der Waals surface area contributed by atoms with E-state index in [0.29, 0.717) is 5.56 Å². The lowest BCUT2D eigenvalue weighted by Gasteiger charge is -2.04. The number of hydrogen-bond donors (Lipinski definition) is 1. The van der Waals surface area contributed by atoms with E-state index in [1.54, 1.807) is 24.4 Å². The van der Waals surface area contributed by atoms with E-state index in [0.717, 1.165) is 22.5 Å². The molecule has 0 aliphatic carbocycles. The monoisotopic (exact) mass is 423 g/mol. The molecule has 0 amide bonds. The summed E-state index contributed by atoms with van der Waals surface area (Å²) in [5.74, 6) is -1.15. The first-order chi connectivity index (χ1) is 14.0. The molecule has 3 aromatic heterocycles. The molecule has 0 atom stereocenters. The van der Waals surface area contributed by atoms with Crippen LogP contribution in [0, 0.1) is 6.92 Å². The molecule has 144 valence electrons. The number of carboxylic acids is 1. The van der Waals surface area contributed by atoms with E-state index in [-0.39, 0.29) is 26.2 Å². The highest BCUT2D eigenvalue weighted by molar-refractivity contribution is 7.19. The molecular formula is C21H14ClN3O3S. The molecule has 0 bridgehead atoms. The predicted molar refractivity (Wildman–Crippen MR) is 115 cm³/mol. The van der Waals surface area contributed by atoms with Gasteiger partial charge in [0.25, 0.3) is 5.56 Å². The van der Waals surface area contributed by atoms with Gasteiger partial charge in [0, 0.05) is 18.0 Å². The summed E-state index contributed by atoms with van der Waals surface area (Å²) >= 11 is 7.23. The van der Waals surface area contributed by atoms with Gasteiger partial charge in [-0.1, -0.05) is 58.8 Å². The van der Waals surface area contributed by atoms with Crippen LogP contribution in [-0.4, -0.2) is 25.4 Å². The number of halogens is 1. The number of carbonyl (C=O) groups is 1. The van der Waals surface area contributed by atoms with Gasteiger partial charge >= 0.3 is 5.97 Å². The van der Waals surface area contributed by atoms with Crippen LogP contribution in [0.3, 0.4) is 0 Å². The first-order valence-corrected chi connectivity index (χ1v) is 9.78. The molecular weight excluding hydrogens is 410 g/mol. The third kappa shape index (κ3) is 3.57. The Hall–Kier alpha value is -3.29. The summed E-state index contributed by atoms with van der Waals surface area (Å²) in [7, 11) is 0. The standard InChI is InChI=1S/C21H14ClN3O3S/c1-12-4-2-5-13(10-12)7-8-15-16(22)19(26)25-17(14-6-3-9-23-11-14)18(20(27)28)29-21(25)24-15/h2-11H,1H3,(H,27,28)/b8-7+. The lowest BCUT2D eigenvalue weighted by atomic mass is 10.1. The van der Waals surface area contributed by atoms with Crippen molar-refractivity contribution in [2.45, 2.75) is 6.92 Å². The van der Waals surface area contributed by atoms with Gasteiger partial charge in [0.05, 0.1) is 11.4 Å². The molecule has 4 rings (SSSR count). The van der Waals surface area contributed by atoms with Crippen LogP contribution in [0.5, 0.6) is 0 Å². The van der Waals surface area contributed by atoms with Gasteiger partial charge in [0.1, 0.15) is 9.90 Å². The zero-order chi connectivity index (χ0) is 20.5. The molecule has 3 heterocycles. The van der Waals surface area contributed by atoms with Crippen molar-refractivity contribution in [2.24, 2.45) is 0 Å². The molecule has 1 N–H and O–H groups in total. The molecule has 0 saturated carbocycles. The number of benzene rings is 1. The molecule has 0 radical (unpaired) electrons. The van der Waals surface area contributed by atoms with Crippen molar-refractivity contribution in [3.8, 4) is 11.3 Å². The number of hydrogen-bond acceptors (Lipinski definition) is 5. The summed E-state index contributed by atoms with van der Waals surface area (Å²) in [6, 6.07) is 11.2. The predicted octanol–water partition coefficient (Wildman–Crippen LogP) is 4.65.